The van der Waals surface area contributed by atoms with Gasteiger partial charge in [-0.05, 0) is 43.0 Å². The lowest BCUT2D eigenvalue weighted by Gasteiger charge is -2.34. The van der Waals surface area contributed by atoms with Gasteiger partial charge in [-0.3, -0.25) is 14.6 Å². The van der Waals surface area contributed by atoms with E-state index in [2.05, 4.69) is 20.9 Å². The number of benzene rings is 1. The third-order valence-corrected chi connectivity index (χ3v) is 8.72. The first-order valence-electron chi connectivity index (χ1n) is 13.0. The number of anilines is 1. The second kappa shape index (κ2) is 9.43. The van der Waals surface area contributed by atoms with Crippen LogP contribution in [0.1, 0.15) is 17.7 Å². The number of piperazine rings is 1. The molecule has 5 heterocycles. The number of carbonyl (C=O) groups is 1. The Bertz CT molecular complexity index is 1470. The van der Waals surface area contributed by atoms with Crippen molar-refractivity contribution in [2.45, 2.75) is 19.4 Å². The smallest absolute Gasteiger partial charge is 0.254 e. The van der Waals surface area contributed by atoms with Gasteiger partial charge in [0.15, 0.2) is 11.6 Å². The fourth-order valence-corrected chi connectivity index (χ4v) is 6.56. The highest BCUT2D eigenvalue weighted by molar-refractivity contribution is 7.19. The summed E-state index contributed by atoms with van der Waals surface area (Å²) < 4.78 is 21.4. The maximum Gasteiger partial charge on any atom is 0.254 e. The van der Waals surface area contributed by atoms with Crippen LogP contribution in [0.3, 0.4) is 0 Å². The summed E-state index contributed by atoms with van der Waals surface area (Å²) in [5, 5.41) is 0.720. The molecule has 7 rings (SSSR count). The minimum atomic E-state index is -0.384. The number of amides is 1. The first-order chi connectivity index (χ1) is 18.1. The number of ether oxygens (including phenoxy) is 1. The lowest BCUT2D eigenvalue weighted by atomic mass is 10.1. The van der Waals surface area contributed by atoms with E-state index in [0.717, 1.165) is 59.8 Å². The quantitative estimate of drug-likeness (QED) is 0.416. The molecule has 0 atom stereocenters. The van der Waals surface area contributed by atoms with Crippen LogP contribution in [0.2, 0.25) is 0 Å². The van der Waals surface area contributed by atoms with Crippen molar-refractivity contribution in [1.29, 1.82) is 0 Å². The van der Waals surface area contributed by atoms with Crippen LogP contribution in [0, 0.1) is 11.7 Å². The van der Waals surface area contributed by atoms with E-state index in [4.69, 9.17) is 14.7 Å². The number of halogens is 1. The predicted molar refractivity (Wildman–Crippen MR) is 142 cm³/mol. The molecule has 1 aliphatic carbocycles. The summed E-state index contributed by atoms with van der Waals surface area (Å²) in [7, 11) is 0. The van der Waals surface area contributed by atoms with Crippen molar-refractivity contribution in [3.05, 3.63) is 41.2 Å². The van der Waals surface area contributed by atoms with Crippen molar-refractivity contribution in [1.82, 2.24) is 24.8 Å². The fraction of sp³-hybridized carbons (Fsp3) is 0.444. The average Bonchev–Trinajstić information content (AvgIpc) is 3.42. The Morgan fingerprint density at radius 2 is 1.92 bits per heavy atom. The zero-order valence-corrected chi connectivity index (χ0v) is 21.4. The molecule has 192 valence electrons. The van der Waals surface area contributed by atoms with E-state index in [9.17, 15) is 4.79 Å². The van der Waals surface area contributed by atoms with Crippen molar-refractivity contribution < 1.29 is 13.9 Å². The van der Waals surface area contributed by atoms with Crippen LogP contribution >= 0.6 is 11.3 Å². The van der Waals surface area contributed by atoms with Gasteiger partial charge in [-0.15, -0.1) is 11.3 Å². The Kier molecular flexibility index (Phi) is 5.92. The predicted octanol–water partition coefficient (Wildman–Crippen LogP) is 3.87. The topological polar surface area (TPSA) is 77.6 Å². The van der Waals surface area contributed by atoms with Crippen LogP contribution in [-0.2, 0) is 16.1 Å². The molecule has 2 saturated heterocycles. The highest BCUT2D eigenvalue weighted by Gasteiger charge is 2.29. The number of aromatic nitrogens is 3. The number of fused-ring (bicyclic) bond motifs is 2. The zero-order valence-electron chi connectivity index (χ0n) is 20.6. The SMILES string of the molecule is O=C1COCCN1c1nc(-c2c(F)ccc3[nH]ccc23)nc2cc(CN3CCN(CC4CC4)CC3)sc12. The van der Waals surface area contributed by atoms with Gasteiger partial charge in [0.25, 0.3) is 5.91 Å². The molecule has 4 aromatic rings. The Morgan fingerprint density at radius 3 is 2.73 bits per heavy atom. The van der Waals surface area contributed by atoms with E-state index in [-0.39, 0.29) is 18.3 Å². The number of thiophene rings is 1. The molecular weight excluding hydrogens is 491 g/mol. The third kappa shape index (κ3) is 4.52. The molecule has 0 bridgehead atoms. The molecular formula is C27H29FN6O2S. The minimum Gasteiger partial charge on any atom is -0.370 e. The number of morpholine rings is 1. The Hall–Kier alpha value is -2.92. The fourth-order valence-electron chi connectivity index (χ4n) is 5.43. The van der Waals surface area contributed by atoms with Gasteiger partial charge in [0, 0.05) is 61.2 Å². The van der Waals surface area contributed by atoms with Gasteiger partial charge >= 0.3 is 0 Å². The van der Waals surface area contributed by atoms with Gasteiger partial charge < -0.3 is 14.6 Å². The van der Waals surface area contributed by atoms with Gasteiger partial charge in [0.1, 0.15) is 12.4 Å². The highest BCUT2D eigenvalue weighted by atomic mass is 32.1. The number of H-pyrrole nitrogens is 1. The van der Waals surface area contributed by atoms with Gasteiger partial charge in [-0.2, -0.15) is 0 Å². The van der Waals surface area contributed by atoms with Crippen LogP contribution in [0.15, 0.2) is 30.5 Å². The molecule has 37 heavy (non-hydrogen) atoms. The van der Waals surface area contributed by atoms with Crippen molar-refractivity contribution in [2.24, 2.45) is 5.92 Å². The van der Waals surface area contributed by atoms with Crippen LogP contribution in [-0.4, -0.2) is 83.1 Å². The van der Waals surface area contributed by atoms with Crippen molar-refractivity contribution in [3.8, 4) is 11.4 Å². The van der Waals surface area contributed by atoms with Gasteiger partial charge in [-0.25, -0.2) is 14.4 Å². The summed E-state index contributed by atoms with van der Waals surface area (Å²) in [6, 6.07) is 7.07. The summed E-state index contributed by atoms with van der Waals surface area (Å²) in [6.45, 7) is 7.28. The molecule has 8 nitrogen and oxygen atoms in total. The maximum atomic E-state index is 15.2. The van der Waals surface area contributed by atoms with Gasteiger partial charge in [0.05, 0.1) is 28.9 Å². The second-order valence-corrected chi connectivity index (χ2v) is 11.4. The van der Waals surface area contributed by atoms with Crippen molar-refractivity contribution >= 4 is 44.2 Å². The number of nitrogens with one attached hydrogen (secondary N) is 1. The molecule has 3 fully saturated rings. The molecule has 3 aromatic heterocycles. The van der Waals surface area contributed by atoms with Crippen molar-refractivity contribution in [3.63, 3.8) is 0 Å². The molecule has 1 N–H and O–H groups in total. The summed E-state index contributed by atoms with van der Waals surface area (Å²) in [5.41, 5.74) is 1.91. The second-order valence-electron chi connectivity index (χ2n) is 10.3. The van der Waals surface area contributed by atoms with E-state index >= 15 is 4.39 Å². The largest absolute Gasteiger partial charge is 0.370 e. The molecule has 1 aromatic carbocycles. The number of carbonyl (C=O) groups excluding carboxylic acids is 1. The number of hydrogen-bond donors (Lipinski definition) is 1. The van der Waals surface area contributed by atoms with Gasteiger partial charge in [0.2, 0.25) is 0 Å². The zero-order chi connectivity index (χ0) is 24.9. The molecule has 10 heteroatoms. The number of aromatic amines is 1. The minimum absolute atomic E-state index is 0.0198. The molecule has 3 aliphatic rings. The molecule has 0 spiro atoms. The number of nitrogens with zero attached hydrogens (tertiary/aromatic N) is 5. The van der Waals surface area contributed by atoms with E-state index in [0.29, 0.717) is 30.4 Å². The first-order valence-corrected chi connectivity index (χ1v) is 13.8. The van der Waals surface area contributed by atoms with Crippen molar-refractivity contribution in [2.75, 3.05) is 57.4 Å². The average molecular weight is 521 g/mol. The Balaban J connectivity index is 1.25. The summed E-state index contributed by atoms with van der Waals surface area (Å²) in [6.07, 6.45) is 4.56. The maximum absolute atomic E-state index is 15.2. The first kappa shape index (κ1) is 23.2. The van der Waals surface area contributed by atoms with Gasteiger partial charge in [-0.1, -0.05) is 0 Å². The Morgan fingerprint density at radius 1 is 1.08 bits per heavy atom. The van der Waals surface area contributed by atoms with Crippen LogP contribution in [0.5, 0.6) is 0 Å². The Labute approximate surface area is 218 Å². The van der Waals surface area contributed by atoms with E-state index in [1.807, 2.05) is 6.07 Å². The highest BCUT2D eigenvalue weighted by Crippen LogP contribution is 2.37. The van der Waals surface area contributed by atoms with Crippen LogP contribution in [0.4, 0.5) is 10.2 Å². The summed E-state index contributed by atoms with van der Waals surface area (Å²) in [4.78, 5) is 33.5. The number of hydrogen-bond acceptors (Lipinski definition) is 7. The third-order valence-electron chi connectivity index (χ3n) is 7.61. The standard InChI is InChI=1S/C27H29FN6O2S/c28-20-3-4-21-19(5-6-29-21)24(20)26-30-22-13-18(15-33-9-7-32(8-10-33)14-17-1-2-17)37-25(22)27(31-26)34-11-12-36-16-23(34)35/h3-6,13,17,29H,1-2,7-12,14-16H2. The molecule has 0 unspecified atom stereocenters. The van der Waals surface area contributed by atoms with E-state index < -0.39 is 0 Å². The van der Waals surface area contributed by atoms with Crippen LogP contribution < -0.4 is 4.90 Å². The monoisotopic (exact) mass is 520 g/mol. The van der Waals surface area contributed by atoms with E-state index in [1.165, 1.54) is 30.3 Å². The molecule has 0 radical (unpaired) electrons. The summed E-state index contributed by atoms with van der Waals surface area (Å²) in [5.74, 6) is 1.24. The molecule has 1 amide bonds. The molecule has 2 aliphatic heterocycles. The molecule has 1 saturated carbocycles. The normalized spacial score (nSPS) is 19.9. The lowest BCUT2D eigenvalue weighted by Crippen LogP contribution is -2.46. The van der Waals surface area contributed by atoms with Crippen LogP contribution in [0.25, 0.3) is 32.5 Å². The van der Waals surface area contributed by atoms with E-state index in [1.54, 1.807) is 28.5 Å². The summed E-state index contributed by atoms with van der Waals surface area (Å²) >= 11 is 1.63. The number of rotatable bonds is 6. The lowest BCUT2D eigenvalue weighted by molar-refractivity contribution is -0.125.